The number of aryl methyl sites for hydroxylation is 1. The van der Waals surface area contributed by atoms with Crippen molar-refractivity contribution in [3.63, 3.8) is 0 Å². The minimum Gasteiger partial charge on any atom is -0.489 e. The highest BCUT2D eigenvalue weighted by Gasteiger charge is 2.32. The van der Waals surface area contributed by atoms with Gasteiger partial charge in [-0.25, -0.2) is 0 Å². The smallest absolute Gasteiger partial charge is 0.253 e. The zero-order valence-electron chi connectivity index (χ0n) is 24.7. The number of hydrogen-bond acceptors (Lipinski definition) is 4. The quantitative estimate of drug-likeness (QED) is 0.342. The van der Waals surface area contributed by atoms with Gasteiger partial charge in [0, 0.05) is 19.3 Å². The Morgan fingerprint density at radius 1 is 1.00 bits per heavy atom. The van der Waals surface area contributed by atoms with Gasteiger partial charge in [0.15, 0.2) is 0 Å². The van der Waals surface area contributed by atoms with Gasteiger partial charge in [-0.05, 0) is 86.7 Å². The highest BCUT2D eigenvalue weighted by atomic mass is 16.5. The van der Waals surface area contributed by atoms with Gasteiger partial charge >= 0.3 is 0 Å². The van der Waals surface area contributed by atoms with Crippen LogP contribution in [0.2, 0.25) is 0 Å². The summed E-state index contributed by atoms with van der Waals surface area (Å²) in [6, 6.07) is 19.2. The molecule has 0 radical (unpaired) electrons. The van der Waals surface area contributed by atoms with E-state index in [4.69, 9.17) is 4.74 Å². The number of piperidine rings is 1. The standard InChI is InChI=1S/C35H43N3O2/c1-24-6-8-27(9-7-24)33(29-15-18-38(5)19-16-29)28-12-10-26(11-13-28)25(2)37-34(39)30-20-32(23-36-22-30)40-31-14-17-35(3,4)21-31/h6-13,20,22-23,25,31H,14-19,21H2,1-5H3,(H,37,39)/t25-,31?/m1/s1. The molecule has 210 valence electrons. The van der Waals surface area contributed by atoms with Gasteiger partial charge in [0.25, 0.3) is 5.91 Å². The number of likely N-dealkylation sites (tertiary alicyclic amines) is 1. The third-order valence-electron chi connectivity index (χ3n) is 8.53. The van der Waals surface area contributed by atoms with Crippen molar-refractivity contribution in [1.29, 1.82) is 0 Å². The maximum absolute atomic E-state index is 13.1. The van der Waals surface area contributed by atoms with E-state index in [1.807, 2.05) is 13.0 Å². The Hall–Kier alpha value is -3.44. The lowest BCUT2D eigenvalue weighted by Gasteiger charge is -2.27. The minimum absolute atomic E-state index is 0.138. The lowest BCUT2D eigenvalue weighted by atomic mass is 9.87. The molecule has 2 fully saturated rings. The normalized spacial score (nSPS) is 19.7. The summed E-state index contributed by atoms with van der Waals surface area (Å²) in [7, 11) is 2.20. The van der Waals surface area contributed by atoms with E-state index in [0.29, 0.717) is 16.7 Å². The lowest BCUT2D eigenvalue weighted by Crippen LogP contribution is -2.27. The van der Waals surface area contributed by atoms with Gasteiger partial charge < -0.3 is 15.0 Å². The van der Waals surface area contributed by atoms with Crippen molar-refractivity contribution in [2.75, 3.05) is 20.1 Å². The van der Waals surface area contributed by atoms with E-state index in [1.54, 1.807) is 12.4 Å². The Morgan fingerprint density at radius 2 is 1.65 bits per heavy atom. The molecule has 2 aliphatic rings. The molecular weight excluding hydrogens is 494 g/mol. The van der Waals surface area contributed by atoms with Crippen LogP contribution in [-0.4, -0.2) is 42.0 Å². The maximum atomic E-state index is 13.1. The second-order valence-electron chi connectivity index (χ2n) is 12.5. The molecule has 3 aromatic rings. The molecule has 1 aliphatic carbocycles. The van der Waals surface area contributed by atoms with Crippen molar-refractivity contribution in [1.82, 2.24) is 15.2 Å². The van der Waals surface area contributed by atoms with Crippen LogP contribution in [0.5, 0.6) is 5.75 Å². The first-order valence-electron chi connectivity index (χ1n) is 14.7. The maximum Gasteiger partial charge on any atom is 0.253 e. The molecule has 5 nitrogen and oxygen atoms in total. The fourth-order valence-corrected chi connectivity index (χ4v) is 6.01. The first-order chi connectivity index (χ1) is 19.2. The van der Waals surface area contributed by atoms with E-state index in [0.717, 1.165) is 50.8 Å². The molecule has 1 aliphatic heterocycles. The topological polar surface area (TPSA) is 54.5 Å². The van der Waals surface area contributed by atoms with Crippen LogP contribution in [0.15, 0.2) is 72.6 Å². The Morgan fingerprint density at radius 3 is 2.27 bits per heavy atom. The summed E-state index contributed by atoms with van der Waals surface area (Å²) in [6.07, 6.45) is 8.88. The molecule has 40 heavy (non-hydrogen) atoms. The molecule has 5 heteroatoms. The Bertz CT molecular complexity index is 1350. The molecule has 1 saturated carbocycles. The molecule has 1 amide bonds. The lowest BCUT2D eigenvalue weighted by molar-refractivity contribution is 0.0938. The van der Waals surface area contributed by atoms with Crippen molar-refractivity contribution in [2.24, 2.45) is 5.41 Å². The number of hydrogen-bond donors (Lipinski definition) is 1. The first kappa shape index (κ1) is 28.1. The number of ether oxygens (including phenoxy) is 1. The second-order valence-corrected chi connectivity index (χ2v) is 12.5. The number of nitrogens with zero attached hydrogens (tertiary/aromatic N) is 2. The van der Waals surface area contributed by atoms with Crippen molar-refractivity contribution < 1.29 is 9.53 Å². The molecule has 1 unspecified atom stereocenters. The summed E-state index contributed by atoms with van der Waals surface area (Å²) >= 11 is 0. The number of nitrogens with one attached hydrogen (secondary N) is 1. The van der Waals surface area contributed by atoms with Crippen LogP contribution in [0.4, 0.5) is 0 Å². The van der Waals surface area contributed by atoms with Crippen LogP contribution in [0, 0.1) is 12.3 Å². The van der Waals surface area contributed by atoms with Crippen molar-refractivity contribution in [2.45, 2.75) is 71.9 Å². The number of benzene rings is 2. The molecule has 2 atom stereocenters. The van der Waals surface area contributed by atoms with Crippen molar-refractivity contribution in [3.05, 3.63) is 100 Å². The van der Waals surface area contributed by atoms with E-state index < -0.39 is 0 Å². The largest absolute Gasteiger partial charge is 0.489 e. The number of carbonyl (C=O) groups is 1. The van der Waals surface area contributed by atoms with Crippen LogP contribution >= 0.6 is 0 Å². The van der Waals surface area contributed by atoms with Crippen molar-refractivity contribution >= 4 is 11.5 Å². The zero-order chi connectivity index (χ0) is 28.3. The van der Waals surface area contributed by atoms with Gasteiger partial charge in [-0.1, -0.05) is 73.5 Å². The predicted molar refractivity (Wildman–Crippen MR) is 163 cm³/mol. The van der Waals surface area contributed by atoms with Gasteiger partial charge in [-0.2, -0.15) is 0 Å². The number of pyridine rings is 1. The van der Waals surface area contributed by atoms with E-state index in [2.05, 4.69) is 91.6 Å². The van der Waals surface area contributed by atoms with Gasteiger partial charge in [0.1, 0.15) is 5.75 Å². The monoisotopic (exact) mass is 537 g/mol. The summed E-state index contributed by atoms with van der Waals surface area (Å²) in [5.74, 6) is 0.521. The summed E-state index contributed by atoms with van der Waals surface area (Å²) in [4.78, 5) is 19.8. The third-order valence-corrected chi connectivity index (χ3v) is 8.53. The number of rotatable bonds is 7. The van der Waals surface area contributed by atoms with Crippen molar-refractivity contribution in [3.8, 4) is 5.75 Å². The van der Waals surface area contributed by atoms with Gasteiger partial charge in [0.05, 0.1) is 23.9 Å². The van der Waals surface area contributed by atoms with Crippen LogP contribution in [0.1, 0.15) is 91.5 Å². The number of amides is 1. The molecule has 5 rings (SSSR count). The molecule has 0 bridgehead atoms. The Kier molecular flexibility index (Phi) is 8.41. The molecular formula is C35H43N3O2. The van der Waals surface area contributed by atoms with E-state index in [1.165, 1.54) is 27.8 Å². The fourth-order valence-electron chi connectivity index (χ4n) is 6.01. The van der Waals surface area contributed by atoms with Gasteiger partial charge in [0.2, 0.25) is 0 Å². The molecule has 2 aromatic carbocycles. The predicted octanol–water partition coefficient (Wildman–Crippen LogP) is 7.37. The Balaban J connectivity index is 1.29. The van der Waals surface area contributed by atoms with E-state index >= 15 is 0 Å². The highest BCUT2D eigenvalue weighted by Crippen LogP contribution is 2.39. The number of aromatic nitrogens is 1. The summed E-state index contributed by atoms with van der Waals surface area (Å²) in [6.45, 7) is 10.9. The second kappa shape index (κ2) is 12.0. The summed E-state index contributed by atoms with van der Waals surface area (Å²) in [5, 5.41) is 3.15. The third kappa shape index (κ3) is 6.82. The fraction of sp³-hybridized carbons (Fsp3) is 0.429. The van der Waals surface area contributed by atoms with Crippen LogP contribution in [0.25, 0.3) is 5.57 Å². The van der Waals surface area contributed by atoms with Crippen LogP contribution in [0.3, 0.4) is 0 Å². The van der Waals surface area contributed by atoms with Gasteiger partial charge in [-0.15, -0.1) is 0 Å². The zero-order valence-corrected chi connectivity index (χ0v) is 24.7. The van der Waals surface area contributed by atoms with E-state index in [9.17, 15) is 4.79 Å². The summed E-state index contributed by atoms with van der Waals surface area (Å²) < 4.78 is 6.18. The number of carbonyl (C=O) groups excluding carboxylic acids is 1. The van der Waals surface area contributed by atoms with Gasteiger partial charge in [-0.3, -0.25) is 9.78 Å². The van der Waals surface area contributed by atoms with Crippen LogP contribution < -0.4 is 10.1 Å². The molecule has 2 heterocycles. The summed E-state index contributed by atoms with van der Waals surface area (Å²) in [5.41, 5.74) is 8.55. The SMILES string of the molecule is Cc1ccc(C(=C2CCN(C)CC2)c2ccc([C@@H](C)NC(=O)c3cncc(OC4CCC(C)(C)C4)c3)cc2)cc1. The first-order valence-corrected chi connectivity index (χ1v) is 14.7. The highest BCUT2D eigenvalue weighted by molar-refractivity contribution is 5.94. The molecule has 1 aromatic heterocycles. The van der Waals surface area contributed by atoms with Crippen LogP contribution in [-0.2, 0) is 0 Å². The average molecular weight is 538 g/mol. The molecule has 1 saturated heterocycles. The molecule has 0 spiro atoms. The van der Waals surface area contributed by atoms with E-state index in [-0.39, 0.29) is 18.1 Å². The average Bonchev–Trinajstić information content (AvgIpc) is 3.29. The minimum atomic E-state index is -0.143. The Labute approximate surface area is 239 Å². The molecule has 1 N–H and O–H groups in total.